The summed E-state index contributed by atoms with van der Waals surface area (Å²) in [6.07, 6.45) is 0. The zero-order chi connectivity index (χ0) is 10.0. The van der Waals surface area contributed by atoms with Crippen LogP contribution in [0.1, 0.15) is 24.0 Å². The highest BCUT2D eigenvalue weighted by Gasteiger charge is 2.12. The molecule has 13 heavy (non-hydrogen) atoms. The fourth-order valence-corrected chi connectivity index (χ4v) is 1.15. The minimum absolute atomic E-state index is 0.0664. The summed E-state index contributed by atoms with van der Waals surface area (Å²) in [7, 11) is 0. The van der Waals surface area contributed by atoms with Gasteiger partial charge in [0.2, 0.25) is 0 Å². The third kappa shape index (κ3) is 1.98. The molecule has 1 aromatic carbocycles. The molecular formula is C10H13FO2. The van der Waals surface area contributed by atoms with E-state index in [1.807, 2.05) is 0 Å². The molecule has 0 aromatic heterocycles. The number of phenolic OH excluding ortho intramolecular Hbond substituents is 1. The van der Waals surface area contributed by atoms with Crippen LogP contribution in [0.5, 0.6) is 5.75 Å². The molecule has 3 heteroatoms. The molecule has 0 saturated heterocycles. The standard InChI is InChI=1S/C10H13FO2/c1-6-3-9(11)8(4-10(6)13)7(2)5-12/h3-4,7,12-13H,5H2,1-2H3. The molecule has 2 nitrogen and oxygen atoms in total. The number of hydrogen-bond acceptors (Lipinski definition) is 2. The van der Waals surface area contributed by atoms with Crippen molar-refractivity contribution in [3.8, 4) is 5.75 Å². The van der Waals surface area contributed by atoms with Crippen LogP contribution >= 0.6 is 0 Å². The van der Waals surface area contributed by atoms with Crippen molar-refractivity contribution in [3.05, 3.63) is 29.1 Å². The largest absolute Gasteiger partial charge is 0.508 e. The Morgan fingerprint density at radius 2 is 2.08 bits per heavy atom. The molecule has 0 aliphatic rings. The predicted molar refractivity (Wildman–Crippen MR) is 48.3 cm³/mol. The van der Waals surface area contributed by atoms with E-state index in [9.17, 15) is 9.50 Å². The topological polar surface area (TPSA) is 40.5 Å². The second kappa shape index (κ2) is 3.75. The molecule has 0 amide bonds. The molecule has 1 rings (SSSR count). The lowest BCUT2D eigenvalue weighted by atomic mass is 9.99. The maximum atomic E-state index is 13.2. The first-order chi connectivity index (χ1) is 6.06. The van der Waals surface area contributed by atoms with E-state index in [1.165, 1.54) is 12.1 Å². The van der Waals surface area contributed by atoms with Gasteiger partial charge in [0.15, 0.2) is 0 Å². The first kappa shape index (κ1) is 9.99. The first-order valence-corrected chi connectivity index (χ1v) is 4.16. The summed E-state index contributed by atoms with van der Waals surface area (Å²) in [5.41, 5.74) is 0.858. The van der Waals surface area contributed by atoms with Gasteiger partial charge < -0.3 is 10.2 Å². The number of halogens is 1. The van der Waals surface area contributed by atoms with Gasteiger partial charge in [-0.25, -0.2) is 4.39 Å². The Morgan fingerprint density at radius 3 is 2.62 bits per heavy atom. The SMILES string of the molecule is Cc1cc(F)c(C(C)CO)cc1O. The Bertz CT molecular complexity index is 310. The van der Waals surface area contributed by atoms with Crippen LogP contribution in [0.2, 0.25) is 0 Å². The minimum Gasteiger partial charge on any atom is -0.508 e. The van der Waals surface area contributed by atoms with E-state index in [4.69, 9.17) is 5.11 Å². The molecule has 0 heterocycles. The number of phenols is 1. The predicted octanol–water partition coefficient (Wildman–Crippen LogP) is 1.94. The van der Waals surface area contributed by atoms with E-state index in [2.05, 4.69) is 0 Å². The van der Waals surface area contributed by atoms with Gasteiger partial charge in [0.25, 0.3) is 0 Å². The molecule has 0 radical (unpaired) electrons. The average Bonchev–Trinajstić information content (AvgIpc) is 2.10. The van der Waals surface area contributed by atoms with Crippen LogP contribution < -0.4 is 0 Å². The zero-order valence-corrected chi connectivity index (χ0v) is 7.71. The van der Waals surface area contributed by atoms with Crippen LogP contribution in [0.3, 0.4) is 0 Å². The van der Waals surface area contributed by atoms with Crippen LogP contribution in [-0.4, -0.2) is 16.8 Å². The number of aryl methyl sites for hydroxylation is 1. The van der Waals surface area contributed by atoms with E-state index in [1.54, 1.807) is 13.8 Å². The maximum absolute atomic E-state index is 13.2. The lowest BCUT2D eigenvalue weighted by Crippen LogP contribution is -2.02. The first-order valence-electron chi connectivity index (χ1n) is 4.16. The molecule has 0 saturated carbocycles. The highest BCUT2D eigenvalue weighted by molar-refractivity contribution is 5.37. The molecule has 2 N–H and O–H groups in total. The Labute approximate surface area is 76.6 Å². The van der Waals surface area contributed by atoms with Crippen molar-refractivity contribution in [2.75, 3.05) is 6.61 Å². The molecule has 1 aromatic rings. The van der Waals surface area contributed by atoms with Gasteiger partial charge in [-0.15, -0.1) is 0 Å². The van der Waals surface area contributed by atoms with Crippen LogP contribution in [0.15, 0.2) is 12.1 Å². The molecular weight excluding hydrogens is 171 g/mol. The molecule has 0 aliphatic carbocycles. The number of benzene rings is 1. The second-order valence-corrected chi connectivity index (χ2v) is 3.24. The van der Waals surface area contributed by atoms with Crippen molar-refractivity contribution in [1.29, 1.82) is 0 Å². The molecule has 0 bridgehead atoms. The van der Waals surface area contributed by atoms with E-state index in [-0.39, 0.29) is 24.1 Å². The minimum atomic E-state index is -0.378. The van der Waals surface area contributed by atoms with Crippen LogP contribution in [0, 0.1) is 12.7 Å². The summed E-state index contributed by atoms with van der Waals surface area (Å²) in [4.78, 5) is 0. The van der Waals surface area contributed by atoms with Gasteiger partial charge in [0.1, 0.15) is 11.6 Å². The number of rotatable bonds is 2. The molecule has 1 unspecified atom stereocenters. The lowest BCUT2D eigenvalue weighted by molar-refractivity contribution is 0.270. The van der Waals surface area contributed by atoms with Crippen molar-refractivity contribution in [1.82, 2.24) is 0 Å². The van der Waals surface area contributed by atoms with Gasteiger partial charge in [0, 0.05) is 12.5 Å². The van der Waals surface area contributed by atoms with Crippen LogP contribution in [0.4, 0.5) is 4.39 Å². The van der Waals surface area contributed by atoms with Gasteiger partial charge in [-0.05, 0) is 30.2 Å². The summed E-state index contributed by atoms with van der Waals surface area (Å²) in [6, 6.07) is 2.64. The van der Waals surface area contributed by atoms with Gasteiger partial charge in [-0.3, -0.25) is 0 Å². The Balaban J connectivity index is 3.15. The number of aromatic hydroxyl groups is 1. The molecule has 72 valence electrons. The fraction of sp³-hybridized carbons (Fsp3) is 0.400. The second-order valence-electron chi connectivity index (χ2n) is 3.24. The highest BCUT2D eigenvalue weighted by atomic mass is 19.1. The monoisotopic (exact) mass is 184 g/mol. The van der Waals surface area contributed by atoms with Crippen molar-refractivity contribution in [2.45, 2.75) is 19.8 Å². The Morgan fingerprint density at radius 1 is 1.46 bits per heavy atom. The van der Waals surface area contributed by atoms with Crippen molar-refractivity contribution in [3.63, 3.8) is 0 Å². The summed E-state index contributed by atoms with van der Waals surface area (Å²) in [6.45, 7) is 3.21. The average molecular weight is 184 g/mol. The number of hydrogen-bond donors (Lipinski definition) is 2. The quantitative estimate of drug-likeness (QED) is 0.737. The number of aliphatic hydroxyl groups is 1. The van der Waals surface area contributed by atoms with Crippen molar-refractivity contribution >= 4 is 0 Å². The molecule has 0 spiro atoms. The normalized spacial score (nSPS) is 12.9. The molecule has 0 aliphatic heterocycles. The van der Waals surface area contributed by atoms with E-state index < -0.39 is 0 Å². The van der Waals surface area contributed by atoms with Gasteiger partial charge >= 0.3 is 0 Å². The van der Waals surface area contributed by atoms with Gasteiger partial charge in [0.05, 0.1) is 0 Å². The van der Waals surface area contributed by atoms with E-state index in [0.29, 0.717) is 11.1 Å². The smallest absolute Gasteiger partial charge is 0.127 e. The molecule has 1 atom stereocenters. The van der Waals surface area contributed by atoms with E-state index in [0.717, 1.165) is 0 Å². The van der Waals surface area contributed by atoms with E-state index >= 15 is 0 Å². The zero-order valence-electron chi connectivity index (χ0n) is 7.71. The third-order valence-electron chi connectivity index (χ3n) is 2.12. The Kier molecular flexibility index (Phi) is 2.88. The van der Waals surface area contributed by atoms with Gasteiger partial charge in [-0.2, -0.15) is 0 Å². The van der Waals surface area contributed by atoms with Crippen LogP contribution in [0.25, 0.3) is 0 Å². The maximum Gasteiger partial charge on any atom is 0.127 e. The summed E-state index contributed by atoms with van der Waals surface area (Å²) >= 11 is 0. The Hall–Kier alpha value is -1.09. The summed E-state index contributed by atoms with van der Waals surface area (Å²) in [5.74, 6) is -0.597. The van der Waals surface area contributed by atoms with Gasteiger partial charge in [-0.1, -0.05) is 6.92 Å². The third-order valence-corrected chi connectivity index (χ3v) is 2.12. The lowest BCUT2D eigenvalue weighted by Gasteiger charge is -2.11. The summed E-state index contributed by atoms with van der Waals surface area (Å²) in [5, 5.41) is 18.1. The molecule has 0 fully saturated rings. The highest BCUT2D eigenvalue weighted by Crippen LogP contribution is 2.26. The summed E-state index contributed by atoms with van der Waals surface area (Å²) < 4.78 is 13.2. The van der Waals surface area contributed by atoms with Crippen LogP contribution in [-0.2, 0) is 0 Å². The van der Waals surface area contributed by atoms with Crippen molar-refractivity contribution < 1.29 is 14.6 Å². The fourth-order valence-electron chi connectivity index (χ4n) is 1.15. The van der Waals surface area contributed by atoms with Crippen molar-refractivity contribution in [2.24, 2.45) is 0 Å². The number of aliphatic hydroxyl groups excluding tert-OH is 1.